The lowest BCUT2D eigenvalue weighted by atomic mass is 10.0. The number of anilines is 1. The lowest BCUT2D eigenvalue weighted by Gasteiger charge is -2.28. The van der Waals surface area contributed by atoms with E-state index in [9.17, 15) is 9.90 Å². The molecular formula is C22H28ClN4O4-. The molecule has 1 aliphatic rings. The SMILES string of the molecule is CCOc1cc(CN2CCOCC2)cc(C(Nc2ccc(C(=N)N)cc2)C(=O)[O-])c1.Cl. The van der Waals surface area contributed by atoms with Crippen LogP contribution in [0.2, 0.25) is 0 Å². The van der Waals surface area contributed by atoms with E-state index in [2.05, 4.69) is 10.2 Å². The third-order valence-corrected chi connectivity index (χ3v) is 4.89. The zero-order valence-electron chi connectivity index (χ0n) is 17.4. The fraction of sp³-hybridized carbons (Fsp3) is 0.364. The molecule has 1 heterocycles. The summed E-state index contributed by atoms with van der Waals surface area (Å²) in [5, 5.41) is 22.4. The van der Waals surface area contributed by atoms with Gasteiger partial charge in [0.2, 0.25) is 0 Å². The number of amidine groups is 1. The molecule has 0 bridgehead atoms. The highest BCUT2D eigenvalue weighted by Crippen LogP contribution is 2.26. The zero-order valence-corrected chi connectivity index (χ0v) is 18.2. The summed E-state index contributed by atoms with van der Waals surface area (Å²) in [5.41, 5.74) is 8.16. The number of halogens is 1. The van der Waals surface area contributed by atoms with E-state index in [1.807, 2.05) is 19.1 Å². The third-order valence-electron chi connectivity index (χ3n) is 4.89. The van der Waals surface area contributed by atoms with E-state index in [0.29, 0.717) is 48.9 Å². The minimum absolute atomic E-state index is 0. The van der Waals surface area contributed by atoms with Crippen molar-refractivity contribution in [3.63, 3.8) is 0 Å². The molecule has 1 saturated heterocycles. The summed E-state index contributed by atoms with van der Waals surface area (Å²) < 4.78 is 11.1. The second-order valence-electron chi connectivity index (χ2n) is 7.12. The van der Waals surface area contributed by atoms with Gasteiger partial charge in [-0.2, -0.15) is 0 Å². The maximum absolute atomic E-state index is 12.0. The molecule has 3 rings (SSSR count). The summed E-state index contributed by atoms with van der Waals surface area (Å²) >= 11 is 0. The summed E-state index contributed by atoms with van der Waals surface area (Å²) in [6, 6.07) is 11.2. The first-order chi connectivity index (χ1) is 14.5. The van der Waals surface area contributed by atoms with Crippen molar-refractivity contribution in [3.05, 3.63) is 59.2 Å². The number of hydrogen-bond donors (Lipinski definition) is 3. The molecule has 1 unspecified atom stereocenters. The lowest BCUT2D eigenvalue weighted by molar-refractivity contribution is -0.307. The average Bonchev–Trinajstić information content (AvgIpc) is 2.73. The summed E-state index contributed by atoms with van der Waals surface area (Å²) in [7, 11) is 0. The molecule has 1 atom stereocenters. The Bertz CT molecular complexity index is 886. The van der Waals surface area contributed by atoms with Crippen molar-refractivity contribution in [3.8, 4) is 5.75 Å². The van der Waals surface area contributed by atoms with Crippen LogP contribution in [0.15, 0.2) is 42.5 Å². The maximum atomic E-state index is 12.0. The van der Waals surface area contributed by atoms with Crippen molar-refractivity contribution in [1.29, 1.82) is 5.41 Å². The van der Waals surface area contributed by atoms with E-state index in [1.54, 1.807) is 30.3 Å². The lowest BCUT2D eigenvalue weighted by Crippen LogP contribution is -2.36. The molecule has 0 radical (unpaired) electrons. The fourth-order valence-corrected chi connectivity index (χ4v) is 3.40. The molecular weight excluding hydrogens is 420 g/mol. The first-order valence-corrected chi connectivity index (χ1v) is 9.95. The van der Waals surface area contributed by atoms with Gasteiger partial charge in [0.15, 0.2) is 0 Å². The Hall–Kier alpha value is -2.81. The van der Waals surface area contributed by atoms with Crippen molar-refractivity contribution in [2.24, 2.45) is 5.73 Å². The number of carbonyl (C=O) groups excluding carboxylic acids is 1. The number of morpholine rings is 1. The number of carboxylic acid groups (broad SMARTS) is 1. The largest absolute Gasteiger partial charge is 0.548 e. The monoisotopic (exact) mass is 447 g/mol. The topological polar surface area (TPSA) is 124 Å². The van der Waals surface area contributed by atoms with Gasteiger partial charge in [0.05, 0.1) is 31.8 Å². The number of carboxylic acids is 1. The quantitative estimate of drug-likeness (QED) is 0.393. The number of ether oxygens (including phenoxy) is 2. The van der Waals surface area contributed by atoms with Crippen LogP contribution in [0.25, 0.3) is 0 Å². The zero-order chi connectivity index (χ0) is 21.5. The Morgan fingerprint density at radius 1 is 1.26 bits per heavy atom. The van der Waals surface area contributed by atoms with Crippen molar-refractivity contribution in [2.75, 3.05) is 38.2 Å². The highest BCUT2D eigenvalue weighted by atomic mass is 35.5. The number of nitrogens with two attached hydrogens (primary N) is 1. The van der Waals surface area contributed by atoms with Crippen LogP contribution in [-0.4, -0.2) is 49.6 Å². The van der Waals surface area contributed by atoms with Crippen LogP contribution >= 0.6 is 12.4 Å². The van der Waals surface area contributed by atoms with Crippen LogP contribution in [0, 0.1) is 5.41 Å². The van der Waals surface area contributed by atoms with E-state index < -0.39 is 12.0 Å². The predicted molar refractivity (Wildman–Crippen MR) is 120 cm³/mol. The summed E-state index contributed by atoms with van der Waals surface area (Å²) in [5.74, 6) is -0.662. The molecule has 0 amide bonds. The van der Waals surface area contributed by atoms with E-state index in [0.717, 1.165) is 18.7 Å². The van der Waals surface area contributed by atoms with Crippen LogP contribution < -0.4 is 20.9 Å². The van der Waals surface area contributed by atoms with Crippen molar-refractivity contribution in [2.45, 2.75) is 19.5 Å². The molecule has 168 valence electrons. The fourth-order valence-electron chi connectivity index (χ4n) is 3.40. The van der Waals surface area contributed by atoms with Crippen LogP contribution in [0.5, 0.6) is 5.75 Å². The van der Waals surface area contributed by atoms with Gasteiger partial charge in [-0.3, -0.25) is 10.3 Å². The molecule has 2 aromatic rings. The van der Waals surface area contributed by atoms with E-state index in [-0.39, 0.29) is 18.2 Å². The van der Waals surface area contributed by atoms with Crippen molar-refractivity contribution >= 4 is 29.9 Å². The van der Waals surface area contributed by atoms with Gasteiger partial charge in [0.25, 0.3) is 0 Å². The van der Waals surface area contributed by atoms with Crippen molar-refractivity contribution < 1.29 is 19.4 Å². The number of nitrogens with zero attached hydrogens (tertiary/aromatic N) is 1. The Kier molecular flexibility index (Phi) is 9.11. The van der Waals surface area contributed by atoms with Gasteiger partial charge in [0.1, 0.15) is 11.6 Å². The molecule has 1 aliphatic heterocycles. The minimum atomic E-state index is -1.24. The molecule has 0 spiro atoms. The molecule has 9 heteroatoms. The molecule has 4 N–H and O–H groups in total. The second-order valence-corrected chi connectivity index (χ2v) is 7.12. The van der Waals surface area contributed by atoms with Crippen LogP contribution in [-0.2, 0) is 16.1 Å². The highest BCUT2D eigenvalue weighted by Gasteiger charge is 2.17. The molecule has 2 aromatic carbocycles. The Balaban J connectivity index is 0.00000341. The third kappa shape index (κ3) is 6.85. The smallest absolute Gasteiger partial charge is 0.122 e. The number of nitrogen functional groups attached to an aromatic ring is 1. The van der Waals surface area contributed by atoms with Gasteiger partial charge < -0.3 is 30.4 Å². The van der Waals surface area contributed by atoms with Gasteiger partial charge in [-0.15, -0.1) is 12.4 Å². The van der Waals surface area contributed by atoms with E-state index >= 15 is 0 Å². The molecule has 31 heavy (non-hydrogen) atoms. The maximum Gasteiger partial charge on any atom is 0.122 e. The standard InChI is InChI=1S/C22H28N4O4.ClH/c1-2-30-19-12-15(14-26-7-9-29-10-8-26)11-17(13-19)20(22(27)28)25-18-5-3-16(4-6-18)21(23)24;/h3-6,11-13,20,25H,2,7-10,14H2,1H3,(H3,23,24)(H,27,28);1H/p-1. The Morgan fingerprint density at radius 2 is 1.94 bits per heavy atom. The number of aliphatic carboxylic acids is 1. The normalized spacial score (nSPS) is 14.9. The second kappa shape index (κ2) is 11.5. The molecule has 0 aliphatic carbocycles. The van der Waals surface area contributed by atoms with Gasteiger partial charge in [-0.1, -0.05) is 6.07 Å². The number of nitrogens with one attached hydrogen (secondary N) is 2. The summed E-state index contributed by atoms with van der Waals surface area (Å²) in [6.07, 6.45) is 0. The number of benzene rings is 2. The number of rotatable bonds is 9. The molecule has 0 saturated carbocycles. The summed E-state index contributed by atoms with van der Waals surface area (Å²) in [4.78, 5) is 14.2. The Labute approximate surface area is 188 Å². The van der Waals surface area contributed by atoms with Crippen LogP contribution in [0.3, 0.4) is 0 Å². The number of carbonyl (C=O) groups is 1. The van der Waals surface area contributed by atoms with Crippen molar-refractivity contribution in [1.82, 2.24) is 4.90 Å². The van der Waals surface area contributed by atoms with Crippen LogP contribution in [0.4, 0.5) is 5.69 Å². The first-order valence-electron chi connectivity index (χ1n) is 9.95. The highest BCUT2D eigenvalue weighted by molar-refractivity contribution is 5.95. The molecule has 8 nitrogen and oxygen atoms in total. The van der Waals surface area contributed by atoms with Crippen LogP contribution in [0.1, 0.15) is 29.7 Å². The molecule has 0 aromatic heterocycles. The average molecular weight is 448 g/mol. The van der Waals surface area contributed by atoms with E-state index in [1.165, 1.54) is 0 Å². The Morgan fingerprint density at radius 3 is 2.52 bits per heavy atom. The van der Waals surface area contributed by atoms with E-state index in [4.69, 9.17) is 20.6 Å². The molecule has 1 fully saturated rings. The summed E-state index contributed by atoms with van der Waals surface area (Å²) in [6.45, 7) is 6.10. The minimum Gasteiger partial charge on any atom is -0.548 e. The van der Waals surface area contributed by atoms with Gasteiger partial charge in [0, 0.05) is 30.9 Å². The van der Waals surface area contributed by atoms with Gasteiger partial charge >= 0.3 is 0 Å². The van der Waals surface area contributed by atoms with Gasteiger partial charge in [-0.05, 0) is 54.4 Å². The first kappa shape index (κ1) is 24.5. The predicted octanol–water partition coefficient (Wildman–Crippen LogP) is 1.53. The van der Waals surface area contributed by atoms with Gasteiger partial charge in [-0.25, -0.2) is 0 Å². The number of hydrogen-bond acceptors (Lipinski definition) is 7.